The zero-order valence-corrected chi connectivity index (χ0v) is 20.7. The van der Waals surface area contributed by atoms with Crippen molar-refractivity contribution in [3.63, 3.8) is 0 Å². The van der Waals surface area contributed by atoms with Crippen LogP contribution in [0.2, 0.25) is 0 Å². The largest absolute Gasteiger partial charge is 0.385 e. The second kappa shape index (κ2) is 13.8. The zero-order valence-electron chi connectivity index (χ0n) is 19.8. The maximum absolute atomic E-state index is 12.9. The van der Waals surface area contributed by atoms with Crippen molar-refractivity contribution < 1.29 is 18.8 Å². The van der Waals surface area contributed by atoms with E-state index in [0.29, 0.717) is 25.2 Å². The summed E-state index contributed by atoms with van der Waals surface area (Å²) in [4.78, 5) is 40.4. The summed E-state index contributed by atoms with van der Waals surface area (Å²) in [5.41, 5.74) is 1.52. The number of anilines is 2. The molecule has 186 valence electrons. The van der Waals surface area contributed by atoms with E-state index in [9.17, 15) is 24.0 Å². The number of nitriles is 1. The molecule has 0 spiro atoms. The number of benzene rings is 1. The third-order valence-electron chi connectivity index (χ3n) is 5.21. The first kappa shape index (κ1) is 27.4. The molecule has 1 fully saturated rings. The fourth-order valence-corrected chi connectivity index (χ4v) is 5.23. The van der Waals surface area contributed by atoms with Gasteiger partial charge in [0.15, 0.2) is 0 Å². The maximum atomic E-state index is 12.9. The van der Waals surface area contributed by atoms with Gasteiger partial charge in [-0.15, -0.1) is 11.8 Å². The summed E-state index contributed by atoms with van der Waals surface area (Å²) >= 11 is 1.46. The molecule has 3 amide bonds. The predicted molar refractivity (Wildman–Crippen MR) is 132 cm³/mol. The molecular formula is C23H33FN6O3S. The van der Waals surface area contributed by atoms with E-state index in [4.69, 9.17) is 0 Å². The van der Waals surface area contributed by atoms with Crippen LogP contribution >= 0.6 is 11.8 Å². The highest BCUT2D eigenvalue weighted by molar-refractivity contribution is 8.01. The molecule has 0 bridgehead atoms. The molecule has 3 N–H and O–H groups in total. The number of alkyl halides is 1. The van der Waals surface area contributed by atoms with Gasteiger partial charge in [-0.2, -0.15) is 5.26 Å². The molecule has 1 aliphatic heterocycles. The summed E-state index contributed by atoms with van der Waals surface area (Å²) in [6.07, 6.45) is 0.774. The molecule has 2 rings (SSSR count). The number of hydrogen-bond donors (Lipinski definition) is 3. The number of likely N-dealkylation sites (N-methyl/N-ethyl adjacent to an activating group) is 1. The van der Waals surface area contributed by atoms with E-state index in [1.165, 1.54) is 11.8 Å². The van der Waals surface area contributed by atoms with Gasteiger partial charge < -0.3 is 25.8 Å². The third-order valence-corrected chi connectivity index (χ3v) is 6.74. The number of nitrogens with one attached hydrogen (secondary N) is 3. The molecular weight excluding hydrogens is 459 g/mol. The molecule has 1 aliphatic rings. The first-order valence-corrected chi connectivity index (χ1v) is 12.2. The fraction of sp³-hybridized carbons (Fsp3) is 0.565. The van der Waals surface area contributed by atoms with Crippen molar-refractivity contribution in [3.8, 4) is 6.07 Å². The van der Waals surface area contributed by atoms with Crippen LogP contribution in [0.5, 0.6) is 0 Å². The highest BCUT2D eigenvalue weighted by Gasteiger charge is 2.40. The van der Waals surface area contributed by atoms with Crippen molar-refractivity contribution >= 4 is 40.9 Å². The molecule has 3 unspecified atom stereocenters. The third kappa shape index (κ3) is 8.18. The van der Waals surface area contributed by atoms with Crippen LogP contribution in [0.4, 0.5) is 15.8 Å². The number of thioether (sulfide) groups is 1. The topological polar surface area (TPSA) is 118 Å². The monoisotopic (exact) mass is 492 g/mol. The number of nitrogens with zero attached hydrogens (tertiary/aromatic N) is 3. The molecule has 1 heterocycles. The Hall–Kier alpha value is -2.84. The van der Waals surface area contributed by atoms with Gasteiger partial charge in [0.05, 0.1) is 23.2 Å². The Morgan fingerprint density at radius 1 is 1.29 bits per heavy atom. The van der Waals surface area contributed by atoms with Crippen molar-refractivity contribution in [2.24, 2.45) is 5.92 Å². The Kier molecular flexibility index (Phi) is 11.1. The number of carbonyl (C=O) groups is 3. The van der Waals surface area contributed by atoms with Crippen LogP contribution in [0.3, 0.4) is 0 Å². The van der Waals surface area contributed by atoms with E-state index in [2.05, 4.69) is 16.0 Å². The molecule has 0 radical (unpaired) electrons. The summed E-state index contributed by atoms with van der Waals surface area (Å²) in [6, 6.07) is 9.36. The Bertz CT molecular complexity index is 894. The van der Waals surface area contributed by atoms with Gasteiger partial charge in [-0.3, -0.25) is 14.4 Å². The lowest BCUT2D eigenvalue weighted by Gasteiger charge is -2.23. The van der Waals surface area contributed by atoms with Crippen molar-refractivity contribution in [1.82, 2.24) is 15.1 Å². The summed E-state index contributed by atoms with van der Waals surface area (Å²) in [7, 11) is 3.65. The first-order chi connectivity index (χ1) is 16.3. The maximum Gasteiger partial charge on any atom is 0.238 e. The Balaban J connectivity index is 1.90. The SMILES string of the molecule is CCN1C(=O)C(CCNc2cccc(NC(=O)CN(C)C)c2)SC1CC(C#N)C(=O)NCCF. The quantitative estimate of drug-likeness (QED) is 0.385. The fourth-order valence-electron chi connectivity index (χ4n) is 3.64. The predicted octanol–water partition coefficient (Wildman–Crippen LogP) is 1.89. The molecule has 1 aromatic rings. The van der Waals surface area contributed by atoms with Crippen LogP contribution < -0.4 is 16.0 Å². The van der Waals surface area contributed by atoms with E-state index in [-0.39, 0.29) is 41.9 Å². The first-order valence-electron chi connectivity index (χ1n) is 11.3. The molecule has 0 saturated carbocycles. The number of halogens is 1. The highest BCUT2D eigenvalue weighted by atomic mass is 32.2. The van der Waals surface area contributed by atoms with Gasteiger partial charge >= 0.3 is 0 Å². The molecule has 11 heteroatoms. The number of rotatable bonds is 13. The van der Waals surface area contributed by atoms with Gasteiger partial charge in [0.1, 0.15) is 12.6 Å². The number of carbonyl (C=O) groups excluding carboxylic acids is 3. The van der Waals surface area contributed by atoms with E-state index in [0.717, 1.165) is 5.69 Å². The lowest BCUT2D eigenvalue weighted by molar-refractivity contribution is -0.131. The Morgan fingerprint density at radius 3 is 2.68 bits per heavy atom. The van der Waals surface area contributed by atoms with Gasteiger partial charge in [-0.25, -0.2) is 4.39 Å². The average Bonchev–Trinajstić information content (AvgIpc) is 3.09. The van der Waals surface area contributed by atoms with E-state index in [1.807, 2.05) is 51.4 Å². The summed E-state index contributed by atoms with van der Waals surface area (Å²) < 4.78 is 12.3. The Labute approximate surface area is 204 Å². The van der Waals surface area contributed by atoms with Gasteiger partial charge in [-0.1, -0.05) is 6.07 Å². The summed E-state index contributed by atoms with van der Waals surface area (Å²) in [6.45, 7) is 2.37. The van der Waals surface area contributed by atoms with E-state index in [1.54, 1.807) is 9.80 Å². The van der Waals surface area contributed by atoms with Crippen molar-refractivity contribution in [2.45, 2.75) is 30.4 Å². The zero-order chi connectivity index (χ0) is 25.1. The molecule has 3 atom stereocenters. The van der Waals surface area contributed by atoms with Gasteiger partial charge in [0.2, 0.25) is 17.7 Å². The average molecular weight is 493 g/mol. The van der Waals surface area contributed by atoms with Crippen molar-refractivity contribution in [2.75, 3.05) is 57.6 Å². The van der Waals surface area contributed by atoms with Gasteiger partial charge in [0, 0.05) is 37.4 Å². The van der Waals surface area contributed by atoms with Crippen LogP contribution in [0.1, 0.15) is 19.8 Å². The van der Waals surface area contributed by atoms with E-state index >= 15 is 0 Å². The highest BCUT2D eigenvalue weighted by Crippen LogP contribution is 2.37. The molecule has 34 heavy (non-hydrogen) atoms. The van der Waals surface area contributed by atoms with Crippen LogP contribution in [0.25, 0.3) is 0 Å². The second-order valence-corrected chi connectivity index (χ2v) is 9.57. The van der Waals surface area contributed by atoms with Crippen molar-refractivity contribution in [1.29, 1.82) is 5.26 Å². The standard InChI is InChI=1S/C23H33FN6O3S/c1-4-30-21(12-16(14-25)22(32)27-11-9-24)34-19(23(30)33)8-10-26-17-6-5-7-18(13-17)28-20(31)15-29(2)3/h5-7,13,16,19,21,26H,4,8-12,15H2,1-3H3,(H,27,32)(H,28,31). The van der Waals surface area contributed by atoms with Crippen LogP contribution in [-0.2, 0) is 14.4 Å². The molecule has 1 aromatic carbocycles. The second-order valence-electron chi connectivity index (χ2n) is 8.18. The smallest absolute Gasteiger partial charge is 0.238 e. The minimum Gasteiger partial charge on any atom is -0.385 e. The van der Waals surface area contributed by atoms with E-state index < -0.39 is 18.5 Å². The van der Waals surface area contributed by atoms with Crippen molar-refractivity contribution in [3.05, 3.63) is 24.3 Å². The number of amides is 3. The molecule has 9 nitrogen and oxygen atoms in total. The van der Waals surface area contributed by atoms with Gasteiger partial charge in [-0.05, 0) is 45.6 Å². The lowest BCUT2D eigenvalue weighted by atomic mass is 10.1. The normalized spacial score (nSPS) is 18.5. The lowest BCUT2D eigenvalue weighted by Crippen LogP contribution is -2.38. The van der Waals surface area contributed by atoms with Crippen LogP contribution in [-0.4, -0.2) is 85.1 Å². The summed E-state index contributed by atoms with van der Waals surface area (Å²) in [5, 5.41) is 17.4. The van der Waals surface area contributed by atoms with Gasteiger partial charge in [0.25, 0.3) is 0 Å². The van der Waals surface area contributed by atoms with Crippen LogP contribution in [0.15, 0.2) is 24.3 Å². The molecule has 0 aliphatic carbocycles. The molecule has 0 aromatic heterocycles. The minimum absolute atomic E-state index is 0.00939. The van der Waals surface area contributed by atoms with Crippen LogP contribution in [0, 0.1) is 17.2 Å². The Morgan fingerprint density at radius 2 is 2.03 bits per heavy atom. The minimum atomic E-state index is -0.937. The summed E-state index contributed by atoms with van der Waals surface area (Å²) in [5.74, 6) is -1.56. The molecule has 1 saturated heterocycles. The number of hydrogen-bond acceptors (Lipinski definition) is 7.